The Hall–Kier alpha value is -0.440. The van der Waals surface area contributed by atoms with Crippen LogP contribution in [0.1, 0.15) is 0 Å². The van der Waals surface area contributed by atoms with Crippen LogP contribution in [0.15, 0.2) is 18.2 Å². The predicted octanol–water partition coefficient (Wildman–Crippen LogP) is 2.75. The number of hydrogen-bond acceptors (Lipinski definition) is 2. The molecular formula is C11H14Cl2N2. The highest BCUT2D eigenvalue weighted by atomic mass is 35.5. The molecule has 1 saturated heterocycles. The highest BCUT2D eigenvalue weighted by Gasteiger charge is 2.14. The van der Waals surface area contributed by atoms with Gasteiger partial charge in [-0.15, -0.1) is 0 Å². The third-order valence-electron chi connectivity index (χ3n) is 2.77. The summed E-state index contributed by atoms with van der Waals surface area (Å²) in [6.07, 6.45) is 0. The van der Waals surface area contributed by atoms with Gasteiger partial charge in [-0.2, -0.15) is 0 Å². The number of nitrogens with zero attached hydrogens (tertiary/aromatic N) is 2. The van der Waals surface area contributed by atoms with Crippen LogP contribution in [0.4, 0.5) is 5.69 Å². The van der Waals surface area contributed by atoms with Crippen molar-refractivity contribution in [2.24, 2.45) is 0 Å². The molecule has 0 amide bonds. The van der Waals surface area contributed by atoms with Crippen molar-refractivity contribution in [2.75, 3.05) is 38.1 Å². The second-order valence-corrected chi connectivity index (χ2v) is 4.70. The maximum Gasteiger partial charge on any atom is 0.0612 e. The van der Waals surface area contributed by atoms with Gasteiger partial charge < -0.3 is 9.80 Å². The van der Waals surface area contributed by atoms with Crippen molar-refractivity contribution in [3.05, 3.63) is 28.2 Å². The van der Waals surface area contributed by atoms with Crippen molar-refractivity contribution in [3.63, 3.8) is 0 Å². The number of piperazine rings is 1. The van der Waals surface area contributed by atoms with E-state index in [1.165, 1.54) is 0 Å². The molecule has 1 aliphatic rings. The molecule has 1 fully saturated rings. The lowest BCUT2D eigenvalue weighted by molar-refractivity contribution is 0.313. The van der Waals surface area contributed by atoms with E-state index in [2.05, 4.69) is 16.8 Å². The van der Waals surface area contributed by atoms with Crippen LogP contribution in [0.25, 0.3) is 0 Å². The smallest absolute Gasteiger partial charge is 0.0612 e. The first kappa shape index (κ1) is 11.1. The van der Waals surface area contributed by atoms with E-state index in [0.717, 1.165) is 31.9 Å². The zero-order chi connectivity index (χ0) is 10.8. The number of likely N-dealkylation sites (N-methyl/N-ethyl adjacent to an activating group) is 1. The second-order valence-electron chi connectivity index (χ2n) is 3.89. The summed E-state index contributed by atoms with van der Waals surface area (Å²) >= 11 is 11.9. The zero-order valence-electron chi connectivity index (χ0n) is 8.71. The standard InChI is InChI=1S/C11H14Cl2N2/c1-14-4-6-15(7-5-14)9-2-3-10(12)11(13)8-9/h2-3,8H,4-7H2,1H3. The van der Waals surface area contributed by atoms with Crippen LogP contribution in [0.5, 0.6) is 0 Å². The Morgan fingerprint density at radius 2 is 1.67 bits per heavy atom. The molecular weight excluding hydrogens is 231 g/mol. The molecule has 0 bridgehead atoms. The van der Waals surface area contributed by atoms with Crippen molar-refractivity contribution in [2.45, 2.75) is 0 Å². The maximum atomic E-state index is 5.99. The normalized spacial score (nSPS) is 18.2. The second kappa shape index (κ2) is 4.60. The Kier molecular flexibility index (Phi) is 3.39. The first-order valence-electron chi connectivity index (χ1n) is 5.05. The minimum Gasteiger partial charge on any atom is -0.369 e. The fourth-order valence-electron chi connectivity index (χ4n) is 1.75. The molecule has 0 saturated carbocycles. The van der Waals surface area contributed by atoms with Gasteiger partial charge in [-0.3, -0.25) is 0 Å². The first-order chi connectivity index (χ1) is 7.16. The molecule has 82 valence electrons. The Balaban J connectivity index is 2.12. The molecule has 1 heterocycles. The van der Waals surface area contributed by atoms with Gasteiger partial charge in [0.25, 0.3) is 0 Å². The number of anilines is 1. The third kappa shape index (κ3) is 2.57. The van der Waals surface area contributed by atoms with Crippen LogP contribution < -0.4 is 4.90 Å². The summed E-state index contributed by atoms with van der Waals surface area (Å²) in [5, 5.41) is 1.25. The summed E-state index contributed by atoms with van der Waals surface area (Å²) in [4.78, 5) is 4.66. The molecule has 0 aromatic heterocycles. The molecule has 0 unspecified atom stereocenters. The first-order valence-corrected chi connectivity index (χ1v) is 5.81. The van der Waals surface area contributed by atoms with Crippen LogP contribution in [0.3, 0.4) is 0 Å². The van der Waals surface area contributed by atoms with Gasteiger partial charge in [0.1, 0.15) is 0 Å². The SMILES string of the molecule is CN1CCN(c2ccc(Cl)c(Cl)c2)CC1. The lowest BCUT2D eigenvalue weighted by atomic mass is 10.2. The highest BCUT2D eigenvalue weighted by Crippen LogP contribution is 2.27. The molecule has 0 aliphatic carbocycles. The van der Waals surface area contributed by atoms with Crippen LogP contribution in [-0.4, -0.2) is 38.1 Å². The molecule has 4 heteroatoms. The van der Waals surface area contributed by atoms with Gasteiger partial charge in [0, 0.05) is 31.9 Å². The molecule has 1 aromatic rings. The highest BCUT2D eigenvalue weighted by molar-refractivity contribution is 6.42. The molecule has 0 N–H and O–H groups in total. The van der Waals surface area contributed by atoms with Crippen LogP contribution in [-0.2, 0) is 0 Å². The Morgan fingerprint density at radius 1 is 1.00 bits per heavy atom. The van der Waals surface area contributed by atoms with E-state index < -0.39 is 0 Å². The van der Waals surface area contributed by atoms with Crippen molar-refractivity contribution in [1.82, 2.24) is 4.90 Å². The van der Waals surface area contributed by atoms with Crippen LogP contribution >= 0.6 is 23.2 Å². The molecule has 0 atom stereocenters. The van der Waals surface area contributed by atoms with Gasteiger partial charge in [0.05, 0.1) is 10.0 Å². The fourth-order valence-corrected chi connectivity index (χ4v) is 2.04. The fraction of sp³-hybridized carbons (Fsp3) is 0.455. The average Bonchev–Trinajstić information content (AvgIpc) is 2.23. The van der Waals surface area contributed by atoms with Gasteiger partial charge >= 0.3 is 0 Å². The molecule has 2 nitrogen and oxygen atoms in total. The molecule has 0 spiro atoms. The van der Waals surface area contributed by atoms with E-state index in [0.29, 0.717) is 10.0 Å². The number of rotatable bonds is 1. The predicted molar refractivity (Wildman–Crippen MR) is 66.2 cm³/mol. The van der Waals surface area contributed by atoms with E-state index in [1.54, 1.807) is 0 Å². The summed E-state index contributed by atoms with van der Waals surface area (Å²) in [6.45, 7) is 4.30. The minimum atomic E-state index is 0.620. The van der Waals surface area contributed by atoms with Crippen molar-refractivity contribution in [3.8, 4) is 0 Å². The van der Waals surface area contributed by atoms with Gasteiger partial charge in [0.2, 0.25) is 0 Å². The minimum absolute atomic E-state index is 0.620. The monoisotopic (exact) mass is 244 g/mol. The van der Waals surface area contributed by atoms with Gasteiger partial charge in [-0.05, 0) is 25.2 Å². The summed E-state index contributed by atoms with van der Waals surface area (Å²) in [6, 6.07) is 5.83. The van der Waals surface area contributed by atoms with Crippen molar-refractivity contribution < 1.29 is 0 Å². The summed E-state index contributed by atoms with van der Waals surface area (Å²) in [7, 11) is 2.15. The number of halogens is 2. The van der Waals surface area contributed by atoms with E-state index in [-0.39, 0.29) is 0 Å². The lowest BCUT2D eigenvalue weighted by Gasteiger charge is -2.34. The summed E-state index contributed by atoms with van der Waals surface area (Å²) in [5.74, 6) is 0. The number of benzene rings is 1. The lowest BCUT2D eigenvalue weighted by Crippen LogP contribution is -2.44. The maximum absolute atomic E-state index is 5.99. The summed E-state index contributed by atoms with van der Waals surface area (Å²) < 4.78 is 0. The topological polar surface area (TPSA) is 6.48 Å². The van der Waals surface area contributed by atoms with Crippen molar-refractivity contribution in [1.29, 1.82) is 0 Å². The Labute approximate surface area is 100 Å². The van der Waals surface area contributed by atoms with Gasteiger partial charge in [-0.25, -0.2) is 0 Å². The van der Waals surface area contributed by atoms with Gasteiger partial charge in [-0.1, -0.05) is 23.2 Å². The third-order valence-corrected chi connectivity index (χ3v) is 3.51. The van der Waals surface area contributed by atoms with E-state index in [9.17, 15) is 0 Å². The Morgan fingerprint density at radius 3 is 2.27 bits per heavy atom. The number of hydrogen-bond donors (Lipinski definition) is 0. The quantitative estimate of drug-likeness (QED) is 0.750. The zero-order valence-corrected chi connectivity index (χ0v) is 10.2. The van der Waals surface area contributed by atoms with E-state index in [4.69, 9.17) is 23.2 Å². The molecule has 2 rings (SSSR count). The molecule has 15 heavy (non-hydrogen) atoms. The largest absolute Gasteiger partial charge is 0.369 e. The Bertz CT molecular complexity index is 346. The van der Waals surface area contributed by atoms with Crippen LogP contribution in [0.2, 0.25) is 10.0 Å². The molecule has 1 aromatic carbocycles. The van der Waals surface area contributed by atoms with Crippen molar-refractivity contribution >= 4 is 28.9 Å². The summed E-state index contributed by atoms with van der Waals surface area (Å²) in [5.41, 5.74) is 1.16. The van der Waals surface area contributed by atoms with E-state index in [1.807, 2.05) is 18.2 Å². The van der Waals surface area contributed by atoms with E-state index >= 15 is 0 Å². The molecule has 1 aliphatic heterocycles. The average molecular weight is 245 g/mol. The van der Waals surface area contributed by atoms with Crippen LogP contribution in [0, 0.1) is 0 Å². The molecule has 0 radical (unpaired) electrons. The van der Waals surface area contributed by atoms with Gasteiger partial charge in [0.15, 0.2) is 0 Å².